The van der Waals surface area contributed by atoms with Crippen LogP contribution in [0.15, 0.2) is 30.6 Å². The zero-order valence-electron chi connectivity index (χ0n) is 9.16. The van der Waals surface area contributed by atoms with Crippen LogP contribution in [-0.4, -0.2) is 27.0 Å². The molecule has 5 heteroatoms. The summed E-state index contributed by atoms with van der Waals surface area (Å²) >= 11 is 0. The van der Waals surface area contributed by atoms with Gasteiger partial charge in [-0.05, 0) is 19.1 Å². The summed E-state index contributed by atoms with van der Waals surface area (Å²) in [6, 6.07) is 5.37. The van der Waals surface area contributed by atoms with Crippen molar-refractivity contribution in [2.45, 2.75) is 13.0 Å². The van der Waals surface area contributed by atoms with Crippen molar-refractivity contribution in [3.05, 3.63) is 36.3 Å². The van der Waals surface area contributed by atoms with Crippen LogP contribution in [0.4, 0.5) is 0 Å². The van der Waals surface area contributed by atoms with Gasteiger partial charge in [-0.2, -0.15) is 5.10 Å². The summed E-state index contributed by atoms with van der Waals surface area (Å²) in [6.45, 7) is 1.66. The molecule has 0 aromatic carbocycles. The molecule has 2 aromatic heterocycles. The van der Waals surface area contributed by atoms with Crippen LogP contribution in [-0.2, 0) is 0 Å². The molecule has 2 rings (SSSR count). The molecule has 0 spiro atoms. The Hall–Kier alpha value is -1.88. The summed E-state index contributed by atoms with van der Waals surface area (Å²) in [5, 5.41) is 13.8. The van der Waals surface area contributed by atoms with Gasteiger partial charge in [0, 0.05) is 18.5 Å². The number of rotatable bonds is 3. The van der Waals surface area contributed by atoms with E-state index in [1.54, 1.807) is 37.2 Å². The normalized spacial score (nSPS) is 12.4. The second kappa shape index (κ2) is 4.32. The number of ether oxygens (including phenoxy) is 1. The van der Waals surface area contributed by atoms with E-state index < -0.39 is 6.10 Å². The van der Waals surface area contributed by atoms with Crippen molar-refractivity contribution in [1.82, 2.24) is 14.8 Å². The first kappa shape index (κ1) is 10.6. The third kappa shape index (κ3) is 1.90. The number of methoxy groups -OCH3 is 1. The fourth-order valence-electron chi connectivity index (χ4n) is 1.48. The summed E-state index contributed by atoms with van der Waals surface area (Å²) in [6.07, 6.45) is 2.81. The topological polar surface area (TPSA) is 60.2 Å². The van der Waals surface area contributed by atoms with E-state index in [1.807, 2.05) is 12.1 Å². The first-order valence-corrected chi connectivity index (χ1v) is 4.95. The van der Waals surface area contributed by atoms with E-state index in [-0.39, 0.29) is 0 Å². The Kier molecular flexibility index (Phi) is 2.87. The first-order chi connectivity index (χ1) is 7.72. The lowest BCUT2D eigenvalue weighted by atomic mass is 10.2. The highest BCUT2D eigenvalue weighted by molar-refractivity contribution is 5.39. The molecule has 0 aliphatic heterocycles. The van der Waals surface area contributed by atoms with Crippen LogP contribution in [0, 0.1) is 0 Å². The Morgan fingerprint density at radius 3 is 2.81 bits per heavy atom. The van der Waals surface area contributed by atoms with E-state index in [4.69, 9.17) is 4.74 Å². The molecule has 1 atom stereocenters. The molecule has 84 valence electrons. The second-order valence-electron chi connectivity index (χ2n) is 3.38. The molecular formula is C11H13N3O2. The molecular weight excluding hydrogens is 206 g/mol. The van der Waals surface area contributed by atoms with Gasteiger partial charge in [0.2, 0.25) is 5.88 Å². The molecule has 0 saturated carbocycles. The van der Waals surface area contributed by atoms with E-state index in [1.165, 1.54) is 0 Å². The van der Waals surface area contributed by atoms with Gasteiger partial charge in [-0.15, -0.1) is 0 Å². The molecule has 0 fully saturated rings. The van der Waals surface area contributed by atoms with Gasteiger partial charge in [0.05, 0.1) is 24.6 Å². The van der Waals surface area contributed by atoms with Crippen LogP contribution in [0.1, 0.15) is 18.7 Å². The van der Waals surface area contributed by atoms with Gasteiger partial charge in [0.15, 0.2) is 0 Å². The number of hydrogen-bond donors (Lipinski definition) is 1. The summed E-state index contributed by atoms with van der Waals surface area (Å²) in [7, 11) is 1.54. The molecule has 5 nitrogen and oxygen atoms in total. The van der Waals surface area contributed by atoms with Crippen molar-refractivity contribution in [2.24, 2.45) is 0 Å². The highest BCUT2D eigenvalue weighted by Crippen LogP contribution is 2.21. The number of aliphatic hydroxyl groups is 1. The summed E-state index contributed by atoms with van der Waals surface area (Å²) in [5.41, 5.74) is 1.30. The molecule has 2 aromatic rings. The Balaban J connectivity index is 2.53. The minimum atomic E-state index is -0.672. The summed E-state index contributed by atoms with van der Waals surface area (Å²) in [5.74, 6) is 0.479. The monoisotopic (exact) mass is 219 g/mol. The summed E-state index contributed by atoms with van der Waals surface area (Å²) in [4.78, 5) is 4.21. The van der Waals surface area contributed by atoms with E-state index in [9.17, 15) is 5.11 Å². The minimum absolute atomic E-state index is 0.479. The lowest BCUT2D eigenvalue weighted by Crippen LogP contribution is -2.06. The van der Waals surface area contributed by atoms with Gasteiger partial charge in [-0.3, -0.25) is 0 Å². The molecule has 0 aliphatic rings. The van der Waals surface area contributed by atoms with E-state index in [2.05, 4.69) is 10.1 Å². The maximum absolute atomic E-state index is 9.66. The van der Waals surface area contributed by atoms with Crippen molar-refractivity contribution in [1.29, 1.82) is 0 Å². The number of aliphatic hydroxyl groups excluding tert-OH is 1. The molecule has 0 unspecified atom stereocenters. The average molecular weight is 219 g/mol. The molecule has 0 amide bonds. The van der Waals surface area contributed by atoms with Gasteiger partial charge in [0.1, 0.15) is 0 Å². The molecule has 0 saturated heterocycles. The van der Waals surface area contributed by atoms with Crippen molar-refractivity contribution in [2.75, 3.05) is 7.11 Å². The van der Waals surface area contributed by atoms with Gasteiger partial charge in [-0.25, -0.2) is 9.67 Å². The lowest BCUT2D eigenvalue weighted by molar-refractivity contribution is 0.192. The van der Waals surface area contributed by atoms with Crippen molar-refractivity contribution in [3.63, 3.8) is 0 Å². The first-order valence-electron chi connectivity index (χ1n) is 4.95. The molecule has 16 heavy (non-hydrogen) atoms. The third-order valence-electron chi connectivity index (χ3n) is 2.23. The Bertz CT molecular complexity index is 466. The Labute approximate surface area is 93.3 Å². The SMILES string of the molecule is COc1ccc(-n2cccn2)c([C@@H](C)O)n1. The highest BCUT2D eigenvalue weighted by Gasteiger charge is 2.12. The zero-order chi connectivity index (χ0) is 11.5. The van der Waals surface area contributed by atoms with Gasteiger partial charge in [-0.1, -0.05) is 0 Å². The van der Waals surface area contributed by atoms with E-state index in [0.29, 0.717) is 11.6 Å². The number of aromatic nitrogens is 3. The fraction of sp³-hybridized carbons (Fsp3) is 0.273. The number of nitrogens with zero attached hydrogens (tertiary/aromatic N) is 3. The largest absolute Gasteiger partial charge is 0.481 e. The molecule has 0 aliphatic carbocycles. The van der Waals surface area contributed by atoms with Crippen LogP contribution in [0.25, 0.3) is 5.69 Å². The van der Waals surface area contributed by atoms with Crippen molar-refractivity contribution < 1.29 is 9.84 Å². The number of pyridine rings is 1. The maximum atomic E-state index is 9.66. The third-order valence-corrected chi connectivity index (χ3v) is 2.23. The predicted molar refractivity (Wildman–Crippen MR) is 58.5 cm³/mol. The van der Waals surface area contributed by atoms with Crippen LogP contribution in [0.5, 0.6) is 5.88 Å². The van der Waals surface area contributed by atoms with Crippen molar-refractivity contribution >= 4 is 0 Å². The quantitative estimate of drug-likeness (QED) is 0.846. The van der Waals surface area contributed by atoms with Crippen LogP contribution < -0.4 is 4.74 Å². The standard InChI is InChI=1S/C11H13N3O2/c1-8(15)11-9(14-7-3-6-12-14)4-5-10(13-11)16-2/h3-8,15H,1-2H3/t8-/m1/s1. The summed E-state index contributed by atoms with van der Waals surface area (Å²) < 4.78 is 6.69. The molecule has 2 heterocycles. The Morgan fingerprint density at radius 1 is 1.44 bits per heavy atom. The zero-order valence-corrected chi connectivity index (χ0v) is 9.16. The fourth-order valence-corrected chi connectivity index (χ4v) is 1.48. The smallest absolute Gasteiger partial charge is 0.213 e. The lowest BCUT2D eigenvalue weighted by Gasteiger charge is -2.12. The molecule has 0 radical (unpaired) electrons. The minimum Gasteiger partial charge on any atom is -0.481 e. The average Bonchev–Trinajstić information content (AvgIpc) is 2.81. The molecule has 0 bridgehead atoms. The van der Waals surface area contributed by atoms with E-state index >= 15 is 0 Å². The van der Waals surface area contributed by atoms with Gasteiger partial charge in [0.25, 0.3) is 0 Å². The highest BCUT2D eigenvalue weighted by atomic mass is 16.5. The Morgan fingerprint density at radius 2 is 2.25 bits per heavy atom. The van der Waals surface area contributed by atoms with Crippen LogP contribution in [0.3, 0.4) is 0 Å². The maximum Gasteiger partial charge on any atom is 0.213 e. The number of hydrogen-bond acceptors (Lipinski definition) is 4. The second-order valence-corrected chi connectivity index (χ2v) is 3.38. The molecule has 1 N–H and O–H groups in total. The van der Waals surface area contributed by atoms with Crippen molar-refractivity contribution in [3.8, 4) is 11.6 Å². The van der Waals surface area contributed by atoms with Crippen LogP contribution >= 0.6 is 0 Å². The van der Waals surface area contributed by atoms with Crippen LogP contribution in [0.2, 0.25) is 0 Å². The van der Waals surface area contributed by atoms with Gasteiger partial charge >= 0.3 is 0 Å². The van der Waals surface area contributed by atoms with E-state index in [0.717, 1.165) is 5.69 Å². The predicted octanol–water partition coefficient (Wildman–Crippen LogP) is 1.33. The van der Waals surface area contributed by atoms with Gasteiger partial charge < -0.3 is 9.84 Å².